The van der Waals surface area contributed by atoms with Gasteiger partial charge in [0.1, 0.15) is 0 Å². The van der Waals surface area contributed by atoms with E-state index in [1.165, 1.54) is 12.1 Å². The van der Waals surface area contributed by atoms with Crippen LogP contribution in [0.5, 0.6) is 0 Å². The number of hydrogen-bond acceptors (Lipinski definition) is 6. The zero-order valence-corrected chi connectivity index (χ0v) is 12.3. The van der Waals surface area contributed by atoms with Crippen molar-refractivity contribution in [2.75, 3.05) is 13.1 Å². The van der Waals surface area contributed by atoms with Crippen LogP contribution in [0.25, 0.3) is 11.4 Å². The number of nitrogens with one attached hydrogen (secondary N) is 1. The summed E-state index contributed by atoms with van der Waals surface area (Å²) in [6, 6.07) is 4.62. The lowest BCUT2D eigenvalue weighted by Gasteiger charge is -2.05. The minimum absolute atomic E-state index is 0.0163. The second-order valence-corrected chi connectivity index (χ2v) is 4.92. The highest BCUT2D eigenvalue weighted by atomic mass is 16.6. The number of likely N-dealkylation sites (N-methyl/N-ethyl adjacent to an activating group) is 1. The van der Waals surface area contributed by atoms with E-state index in [2.05, 4.69) is 15.5 Å². The molecule has 0 fully saturated rings. The molecule has 1 heterocycles. The molecule has 112 valence electrons. The summed E-state index contributed by atoms with van der Waals surface area (Å²) < 4.78 is 5.26. The molecular formula is C14H18N4O3. The van der Waals surface area contributed by atoms with E-state index in [9.17, 15) is 10.1 Å². The van der Waals surface area contributed by atoms with Crippen molar-refractivity contribution in [2.24, 2.45) is 0 Å². The van der Waals surface area contributed by atoms with Crippen LogP contribution in [-0.4, -0.2) is 28.2 Å². The Balaban J connectivity index is 2.29. The molecule has 1 aromatic heterocycles. The second kappa shape index (κ2) is 6.45. The maximum atomic E-state index is 10.9. The van der Waals surface area contributed by atoms with Crippen molar-refractivity contribution in [3.8, 4) is 11.4 Å². The summed E-state index contributed by atoms with van der Waals surface area (Å²) in [5, 5.41) is 18.0. The van der Waals surface area contributed by atoms with E-state index in [0.29, 0.717) is 17.3 Å². The standard InChI is InChI=1S/C14H18N4O3/c1-4-15-8-10(3)14-16-13(17-21-14)12-7-11(18(19)20)6-5-9(12)2/h5-7,10,15H,4,8H2,1-3H3. The quantitative estimate of drug-likeness (QED) is 0.649. The predicted octanol–water partition coefficient (Wildman–Crippen LogP) is 2.67. The normalized spacial score (nSPS) is 12.3. The number of aromatic nitrogens is 2. The van der Waals surface area contributed by atoms with Crippen LogP contribution >= 0.6 is 0 Å². The van der Waals surface area contributed by atoms with E-state index in [0.717, 1.165) is 18.7 Å². The smallest absolute Gasteiger partial charge is 0.270 e. The molecule has 0 radical (unpaired) electrons. The molecule has 2 rings (SSSR count). The number of rotatable bonds is 6. The monoisotopic (exact) mass is 290 g/mol. The largest absolute Gasteiger partial charge is 0.339 e. The highest BCUT2D eigenvalue weighted by Gasteiger charge is 2.18. The Morgan fingerprint density at radius 1 is 1.48 bits per heavy atom. The van der Waals surface area contributed by atoms with E-state index in [1.807, 2.05) is 20.8 Å². The Hall–Kier alpha value is -2.28. The molecule has 1 atom stereocenters. The minimum Gasteiger partial charge on any atom is -0.339 e. The summed E-state index contributed by atoms with van der Waals surface area (Å²) in [6.45, 7) is 7.48. The van der Waals surface area contributed by atoms with Gasteiger partial charge >= 0.3 is 0 Å². The van der Waals surface area contributed by atoms with Gasteiger partial charge in [0.2, 0.25) is 11.7 Å². The third kappa shape index (κ3) is 3.43. The van der Waals surface area contributed by atoms with Gasteiger partial charge in [0, 0.05) is 30.2 Å². The van der Waals surface area contributed by atoms with Crippen LogP contribution in [-0.2, 0) is 0 Å². The molecule has 1 N–H and O–H groups in total. The Bertz CT molecular complexity index is 639. The Kier molecular flexibility index (Phi) is 4.64. The molecule has 0 aliphatic heterocycles. The number of nitro benzene ring substituents is 1. The van der Waals surface area contributed by atoms with E-state index < -0.39 is 4.92 Å². The van der Waals surface area contributed by atoms with Crippen molar-refractivity contribution in [1.29, 1.82) is 0 Å². The molecule has 0 bridgehead atoms. The Labute approximate surface area is 122 Å². The zero-order chi connectivity index (χ0) is 15.4. The fourth-order valence-corrected chi connectivity index (χ4v) is 1.96. The van der Waals surface area contributed by atoms with Crippen LogP contribution in [0.3, 0.4) is 0 Å². The molecule has 1 aromatic carbocycles. The molecule has 1 unspecified atom stereocenters. The number of non-ortho nitro benzene ring substituents is 1. The summed E-state index contributed by atoms with van der Waals surface area (Å²) >= 11 is 0. The van der Waals surface area contributed by atoms with Crippen LogP contribution < -0.4 is 5.32 Å². The van der Waals surface area contributed by atoms with Crippen molar-refractivity contribution in [1.82, 2.24) is 15.5 Å². The Morgan fingerprint density at radius 3 is 2.90 bits per heavy atom. The summed E-state index contributed by atoms with van der Waals surface area (Å²) in [5.41, 5.74) is 1.50. The van der Waals surface area contributed by atoms with Crippen molar-refractivity contribution in [3.63, 3.8) is 0 Å². The maximum absolute atomic E-state index is 10.9. The van der Waals surface area contributed by atoms with Crippen molar-refractivity contribution >= 4 is 5.69 Å². The highest BCUT2D eigenvalue weighted by Crippen LogP contribution is 2.26. The SMILES string of the molecule is CCNCC(C)c1nc(-c2cc([N+](=O)[O-])ccc2C)no1. The van der Waals surface area contributed by atoms with Crippen molar-refractivity contribution in [3.05, 3.63) is 39.8 Å². The number of aryl methyl sites for hydroxylation is 1. The van der Waals surface area contributed by atoms with Gasteiger partial charge in [0.25, 0.3) is 5.69 Å². The first kappa shape index (κ1) is 15.1. The first-order chi connectivity index (χ1) is 10.0. The topological polar surface area (TPSA) is 94.1 Å². The summed E-state index contributed by atoms with van der Waals surface area (Å²) in [4.78, 5) is 14.8. The first-order valence-corrected chi connectivity index (χ1v) is 6.82. The van der Waals surface area contributed by atoms with Gasteiger partial charge in [-0.2, -0.15) is 4.98 Å². The molecule has 2 aromatic rings. The molecule has 7 nitrogen and oxygen atoms in total. The summed E-state index contributed by atoms with van der Waals surface area (Å²) in [6.07, 6.45) is 0. The number of hydrogen-bond donors (Lipinski definition) is 1. The molecule has 0 amide bonds. The molecule has 0 aliphatic carbocycles. The molecule has 7 heteroatoms. The number of nitro groups is 1. The average Bonchev–Trinajstić information content (AvgIpc) is 2.94. The third-order valence-electron chi connectivity index (χ3n) is 3.24. The van der Waals surface area contributed by atoms with Gasteiger partial charge in [-0.15, -0.1) is 0 Å². The number of benzene rings is 1. The molecule has 21 heavy (non-hydrogen) atoms. The van der Waals surface area contributed by atoms with Crippen molar-refractivity contribution < 1.29 is 9.45 Å². The van der Waals surface area contributed by atoms with Crippen LogP contribution in [0.2, 0.25) is 0 Å². The van der Waals surface area contributed by atoms with Gasteiger partial charge in [0.15, 0.2) is 0 Å². The molecule has 0 aliphatic rings. The fraction of sp³-hybridized carbons (Fsp3) is 0.429. The summed E-state index contributed by atoms with van der Waals surface area (Å²) in [5.74, 6) is 0.997. The Morgan fingerprint density at radius 2 is 2.24 bits per heavy atom. The second-order valence-electron chi connectivity index (χ2n) is 4.92. The van der Waals surface area contributed by atoms with E-state index in [-0.39, 0.29) is 11.6 Å². The first-order valence-electron chi connectivity index (χ1n) is 6.82. The van der Waals surface area contributed by atoms with Crippen LogP contribution in [0.15, 0.2) is 22.7 Å². The van der Waals surface area contributed by atoms with Gasteiger partial charge in [-0.1, -0.05) is 25.1 Å². The lowest BCUT2D eigenvalue weighted by atomic mass is 10.1. The van der Waals surface area contributed by atoms with Gasteiger partial charge in [-0.3, -0.25) is 10.1 Å². The average molecular weight is 290 g/mol. The predicted molar refractivity (Wildman–Crippen MR) is 78.1 cm³/mol. The van der Waals surface area contributed by atoms with Crippen LogP contribution in [0.1, 0.15) is 31.2 Å². The van der Waals surface area contributed by atoms with E-state index in [4.69, 9.17) is 4.52 Å². The molecule has 0 saturated carbocycles. The fourth-order valence-electron chi connectivity index (χ4n) is 1.96. The van der Waals surface area contributed by atoms with Gasteiger partial charge in [-0.25, -0.2) is 0 Å². The summed E-state index contributed by atoms with van der Waals surface area (Å²) in [7, 11) is 0. The van der Waals surface area contributed by atoms with Gasteiger partial charge in [0.05, 0.1) is 4.92 Å². The molecular weight excluding hydrogens is 272 g/mol. The van der Waals surface area contributed by atoms with Crippen LogP contribution in [0.4, 0.5) is 5.69 Å². The number of nitrogens with zero attached hydrogens (tertiary/aromatic N) is 3. The highest BCUT2D eigenvalue weighted by molar-refractivity contribution is 5.63. The van der Waals surface area contributed by atoms with Crippen molar-refractivity contribution in [2.45, 2.75) is 26.7 Å². The molecule has 0 spiro atoms. The lowest BCUT2D eigenvalue weighted by Crippen LogP contribution is -2.19. The lowest BCUT2D eigenvalue weighted by molar-refractivity contribution is -0.384. The maximum Gasteiger partial charge on any atom is 0.270 e. The minimum atomic E-state index is -0.433. The van der Waals surface area contributed by atoms with E-state index >= 15 is 0 Å². The molecule has 0 saturated heterocycles. The van der Waals surface area contributed by atoms with Gasteiger partial charge < -0.3 is 9.84 Å². The van der Waals surface area contributed by atoms with Crippen LogP contribution in [0, 0.1) is 17.0 Å². The zero-order valence-electron chi connectivity index (χ0n) is 12.3. The third-order valence-corrected chi connectivity index (χ3v) is 3.24. The van der Waals surface area contributed by atoms with E-state index in [1.54, 1.807) is 6.07 Å². The van der Waals surface area contributed by atoms with Gasteiger partial charge in [-0.05, 0) is 19.0 Å².